The van der Waals surface area contributed by atoms with Crippen molar-refractivity contribution in [1.29, 1.82) is 0 Å². The van der Waals surface area contributed by atoms with Crippen molar-refractivity contribution < 1.29 is 18.3 Å². The first-order chi connectivity index (χ1) is 12.1. The van der Waals surface area contributed by atoms with Crippen LogP contribution in [0.3, 0.4) is 0 Å². The van der Waals surface area contributed by atoms with E-state index in [1.54, 1.807) is 0 Å². The summed E-state index contributed by atoms with van der Waals surface area (Å²) in [7, 11) is 0. The maximum Gasteiger partial charge on any atom is 0.319 e. The summed E-state index contributed by atoms with van der Waals surface area (Å²) < 4.78 is 32.4. The average Bonchev–Trinajstić information content (AvgIpc) is 2.60. The molecule has 1 atom stereocenters. The Kier molecular flexibility index (Phi) is 4.13. The van der Waals surface area contributed by atoms with Crippen LogP contribution in [0.15, 0.2) is 36.4 Å². The quantitative estimate of drug-likeness (QED) is 0.672. The summed E-state index contributed by atoms with van der Waals surface area (Å²) in [5.41, 5.74) is 2.19. The van der Waals surface area contributed by atoms with E-state index in [1.807, 2.05) is 18.2 Å². The molecular weight excluding hydrogens is 326 g/mol. The van der Waals surface area contributed by atoms with Crippen molar-refractivity contribution in [1.82, 2.24) is 5.32 Å². The zero-order chi connectivity index (χ0) is 17.4. The lowest BCUT2D eigenvalue weighted by Crippen LogP contribution is -2.43. The summed E-state index contributed by atoms with van der Waals surface area (Å²) >= 11 is 0. The van der Waals surface area contributed by atoms with Gasteiger partial charge in [0.1, 0.15) is 17.4 Å². The molecule has 4 nitrogen and oxygen atoms in total. The highest BCUT2D eigenvalue weighted by Crippen LogP contribution is 2.36. The summed E-state index contributed by atoms with van der Waals surface area (Å²) in [5.74, 6) is -2.02. The SMILES string of the molecule is O=C1Oc2cc(N3CCNCC3)ccc2CC1c1cc(F)cc(F)c1. The lowest BCUT2D eigenvalue weighted by Gasteiger charge is -2.31. The molecule has 0 amide bonds. The first kappa shape index (κ1) is 16.0. The maximum absolute atomic E-state index is 13.5. The molecule has 2 aromatic carbocycles. The van der Waals surface area contributed by atoms with Crippen LogP contribution in [0.25, 0.3) is 0 Å². The van der Waals surface area contributed by atoms with Gasteiger partial charge in [-0.15, -0.1) is 0 Å². The zero-order valence-electron chi connectivity index (χ0n) is 13.6. The molecule has 130 valence electrons. The van der Waals surface area contributed by atoms with Crippen molar-refractivity contribution >= 4 is 11.7 Å². The molecule has 0 aliphatic carbocycles. The third-order valence-electron chi connectivity index (χ3n) is 4.74. The van der Waals surface area contributed by atoms with E-state index < -0.39 is 23.5 Å². The number of hydrogen-bond donors (Lipinski definition) is 1. The molecule has 2 heterocycles. The normalized spacial score (nSPS) is 20.2. The van der Waals surface area contributed by atoms with Crippen molar-refractivity contribution in [2.24, 2.45) is 0 Å². The van der Waals surface area contributed by atoms with Gasteiger partial charge in [-0.1, -0.05) is 6.07 Å². The van der Waals surface area contributed by atoms with Gasteiger partial charge in [0.2, 0.25) is 0 Å². The lowest BCUT2D eigenvalue weighted by atomic mass is 9.89. The molecule has 1 saturated heterocycles. The summed E-state index contributed by atoms with van der Waals surface area (Å²) in [6, 6.07) is 8.99. The molecule has 0 spiro atoms. The Hall–Kier alpha value is -2.47. The van der Waals surface area contributed by atoms with E-state index in [-0.39, 0.29) is 0 Å². The predicted octanol–water partition coefficient (Wildman–Crippen LogP) is 2.62. The van der Waals surface area contributed by atoms with Gasteiger partial charge in [0.15, 0.2) is 0 Å². The van der Waals surface area contributed by atoms with Crippen LogP contribution in [0.4, 0.5) is 14.5 Å². The van der Waals surface area contributed by atoms with Gasteiger partial charge < -0.3 is 15.0 Å². The topological polar surface area (TPSA) is 41.6 Å². The van der Waals surface area contributed by atoms with Crippen molar-refractivity contribution in [3.05, 3.63) is 59.2 Å². The van der Waals surface area contributed by atoms with Crippen LogP contribution in [0, 0.1) is 11.6 Å². The second kappa shape index (κ2) is 6.44. The van der Waals surface area contributed by atoms with Gasteiger partial charge in [-0.25, -0.2) is 8.78 Å². The number of hydrogen-bond acceptors (Lipinski definition) is 4. The molecule has 1 N–H and O–H groups in total. The third kappa shape index (κ3) is 3.22. The summed E-state index contributed by atoms with van der Waals surface area (Å²) in [6.07, 6.45) is 0.374. The van der Waals surface area contributed by atoms with Gasteiger partial charge in [-0.2, -0.15) is 0 Å². The Morgan fingerprint density at radius 3 is 2.48 bits per heavy atom. The molecule has 0 saturated carbocycles. The Balaban J connectivity index is 1.61. The Bertz CT molecular complexity index is 799. The van der Waals surface area contributed by atoms with E-state index in [0.717, 1.165) is 43.5 Å². The Morgan fingerprint density at radius 2 is 1.76 bits per heavy atom. The van der Waals surface area contributed by atoms with Gasteiger partial charge in [-0.05, 0) is 35.7 Å². The minimum absolute atomic E-state index is 0.305. The largest absolute Gasteiger partial charge is 0.426 e. The second-order valence-corrected chi connectivity index (χ2v) is 6.41. The number of carbonyl (C=O) groups excluding carboxylic acids is 1. The first-order valence-corrected chi connectivity index (χ1v) is 8.36. The predicted molar refractivity (Wildman–Crippen MR) is 90.0 cm³/mol. The highest BCUT2D eigenvalue weighted by Gasteiger charge is 2.31. The molecule has 2 aliphatic heterocycles. The number of nitrogens with zero attached hydrogens (tertiary/aromatic N) is 1. The number of carbonyl (C=O) groups is 1. The van der Waals surface area contributed by atoms with Crippen LogP contribution in [-0.2, 0) is 11.2 Å². The Morgan fingerprint density at radius 1 is 1.04 bits per heavy atom. The molecule has 4 rings (SSSR count). The molecule has 0 radical (unpaired) electrons. The lowest BCUT2D eigenvalue weighted by molar-refractivity contribution is -0.137. The molecule has 2 aliphatic rings. The molecule has 1 unspecified atom stereocenters. The fraction of sp³-hybridized carbons (Fsp3) is 0.316. The van der Waals surface area contributed by atoms with Crippen LogP contribution in [0.1, 0.15) is 17.0 Å². The molecule has 25 heavy (non-hydrogen) atoms. The van der Waals surface area contributed by atoms with Gasteiger partial charge >= 0.3 is 5.97 Å². The van der Waals surface area contributed by atoms with E-state index in [0.29, 0.717) is 17.7 Å². The van der Waals surface area contributed by atoms with Gasteiger partial charge in [0, 0.05) is 44.0 Å². The number of fused-ring (bicyclic) bond motifs is 1. The number of benzene rings is 2. The van der Waals surface area contributed by atoms with Crippen molar-refractivity contribution in [2.45, 2.75) is 12.3 Å². The molecule has 2 aromatic rings. The van der Waals surface area contributed by atoms with Crippen molar-refractivity contribution in [2.75, 3.05) is 31.1 Å². The van der Waals surface area contributed by atoms with Crippen LogP contribution < -0.4 is 15.0 Å². The fourth-order valence-electron chi connectivity index (χ4n) is 3.44. The van der Waals surface area contributed by atoms with Crippen LogP contribution in [-0.4, -0.2) is 32.1 Å². The fourth-order valence-corrected chi connectivity index (χ4v) is 3.44. The molecule has 6 heteroatoms. The van der Waals surface area contributed by atoms with Crippen molar-refractivity contribution in [3.63, 3.8) is 0 Å². The van der Waals surface area contributed by atoms with Gasteiger partial charge in [-0.3, -0.25) is 4.79 Å². The number of nitrogens with one attached hydrogen (secondary N) is 1. The standard InChI is InChI=1S/C19H18F2N2O2/c20-14-7-13(8-15(21)10-14)17-9-12-1-2-16(11-18(12)25-19(17)24)23-5-3-22-4-6-23/h1-2,7-8,10-11,17,22H,3-6,9H2. The van der Waals surface area contributed by atoms with E-state index in [4.69, 9.17) is 4.74 Å². The minimum atomic E-state index is -0.692. The number of ether oxygens (including phenoxy) is 1. The third-order valence-corrected chi connectivity index (χ3v) is 4.74. The van der Waals surface area contributed by atoms with E-state index in [1.165, 1.54) is 12.1 Å². The van der Waals surface area contributed by atoms with Crippen LogP contribution in [0.2, 0.25) is 0 Å². The summed E-state index contributed by atoms with van der Waals surface area (Å²) in [4.78, 5) is 14.6. The molecular formula is C19H18F2N2O2. The number of anilines is 1. The molecule has 0 aromatic heterocycles. The van der Waals surface area contributed by atoms with Gasteiger partial charge in [0.05, 0.1) is 5.92 Å². The maximum atomic E-state index is 13.5. The second-order valence-electron chi connectivity index (χ2n) is 6.41. The van der Waals surface area contributed by atoms with E-state index in [2.05, 4.69) is 10.2 Å². The van der Waals surface area contributed by atoms with Gasteiger partial charge in [0.25, 0.3) is 0 Å². The van der Waals surface area contributed by atoms with E-state index >= 15 is 0 Å². The first-order valence-electron chi connectivity index (χ1n) is 8.36. The highest BCUT2D eigenvalue weighted by molar-refractivity contribution is 5.83. The Labute approximate surface area is 144 Å². The van der Waals surface area contributed by atoms with E-state index in [9.17, 15) is 13.6 Å². The van der Waals surface area contributed by atoms with Crippen LogP contribution in [0.5, 0.6) is 5.75 Å². The number of halogens is 2. The molecule has 1 fully saturated rings. The smallest absolute Gasteiger partial charge is 0.319 e. The molecule has 0 bridgehead atoms. The monoisotopic (exact) mass is 344 g/mol. The average molecular weight is 344 g/mol. The summed E-state index contributed by atoms with van der Waals surface area (Å²) in [6.45, 7) is 3.64. The van der Waals surface area contributed by atoms with Crippen LogP contribution >= 0.6 is 0 Å². The highest BCUT2D eigenvalue weighted by atomic mass is 19.1. The van der Waals surface area contributed by atoms with Crippen molar-refractivity contribution in [3.8, 4) is 5.75 Å². The number of esters is 1. The summed E-state index contributed by atoms with van der Waals surface area (Å²) in [5, 5.41) is 3.30. The number of piperazine rings is 1. The number of rotatable bonds is 2. The zero-order valence-corrected chi connectivity index (χ0v) is 13.6. The minimum Gasteiger partial charge on any atom is -0.426 e.